The SMILES string of the molecule is O=C1CC(C(=O)N2CCN(C(=O)c3ccco3)CC2)CN1Cc1cc(C(F)(F)F)cc(C(F)(F)F)c1. The van der Waals surface area contributed by atoms with Crippen molar-refractivity contribution in [3.63, 3.8) is 0 Å². The molecule has 3 heterocycles. The van der Waals surface area contributed by atoms with Gasteiger partial charge in [0, 0.05) is 45.7 Å². The Kier molecular flexibility index (Phi) is 6.76. The topological polar surface area (TPSA) is 74.1 Å². The van der Waals surface area contributed by atoms with E-state index >= 15 is 0 Å². The normalized spacial score (nSPS) is 19.2. The van der Waals surface area contributed by atoms with Crippen LogP contribution in [0, 0.1) is 5.92 Å². The second kappa shape index (κ2) is 9.51. The summed E-state index contributed by atoms with van der Waals surface area (Å²) < 4.78 is 83.9. The molecule has 0 radical (unpaired) electrons. The number of likely N-dealkylation sites (tertiary alicyclic amines) is 1. The van der Waals surface area contributed by atoms with Crippen LogP contribution in [-0.4, -0.2) is 65.1 Å². The van der Waals surface area contributed by atoms with Gasteiger partial charge in [0.15, 0.2) is 5.76 Å². The fraction of sp³-hybridized carbons (Fsp3) is 0.435. The molecule has 194 valence electrons. The van der Waals surface area contributed by atoms with Crippen molar-refractivity contribution in [1.29, 1.82) is 0 Å². The van der Waals surface area contributed by atoms with E-state index in [0.29, 0.717) is 12.1 Å². The fourth-order valence-electron chi connectivity index (χ4n) is 4.37. The third kappa shape index (κ3) is 5.49. The van der Waals surface area contributed by atoms with Gasteiger partial charge in [0.05, 0.1) is 23.3 Å². The number of benzene rings is 1. The van der Waals surface area contributed by atoms with E-state index in [4.69, 9.17) is 4.42 Å². The van der Waals surface area contributed by atoms with Crippen LogP contribution in [0.3, 0.4) is 0 Å². The van der Waals surface area contributed by atoms with Crippen molar-refractivity contribution in [1.82, 2.24) is 14.7 Å². The molecule has 1 atom stereocenters. The first kappa shape index (κ1) is 25.6. The molecule has 2 fully saturated rings. The van der Waals surface area contributed by atoms with Gasteiger partial charge in [0.2, 0.25) is 11.8 Å². The number of carbonyl (C=O) groups is 3. The Labute approximate surface area is 201 Å². The van der Waals surface area contributed by atoms with Crippen LogP contribution >= 0.6 is 0 Å². The molecule has 2 aliphatic heterocycles. The molecule has 0 aliphatic carbocycles. The van der Waals surface area contributed by atoms with Gasteiger partial charge in [-0.2, -0.15) is 26.3 Å². The van der Waals surface area contributed by atoms with Crippen molar-refractivity contribution in [3.05, 3.63) is 59.0 Å². The van der Waals surface area contributed by atoms with Crippen molar-refractivity contribution in [3.8, 4) is 0 Å². The Morgan fingerprint density at radius 1 is 0.917 bits per heavy atom. The average molecular weight is 517 g/mol. The van der Waals surface area contributed by atoms with Crippen molar-refractivity contribution in [2.24, 2.45) is 5.92 Å². The summed E-state index contributed by atoms with van der Waals surface area (Å²) in [5.41, 5.74) is -3.26. The largest absolute Gasteiger partial charge is 0.459 e. The van der Waals surface area contributed by atoms with Gasteiger partial charge in [-0.25, -0.2) is 0 Å². The summed E-state index contributed by atoms with van der Waals surface area (Å²) in [6.45, 7) is 0.332. The van der Waals surface area contributed by atoms with E-state index in [0.717, 1.165) is 4.90 Å². The van der Waals surface area contributed by atoms with Crippen LogP contribution in [-0.2, 0) is 28.5 Å². The van der Waals surface area contributed by atoms with Gasteiger partial charge in [-0.3, -0.25) is 14.4 Å². The zero-order valence-electron chi connectivity index (χ0n) is 18.7. The summed E-state index contributed by atoms with van der Waals surface area (Å²) in [6.07, 6.45) is -8.82. The third-order valence-corrected chi connectivity index (χ3v) is 6.20. The maximum atomic E-state index is 13.1. The predicted octanol–water partition coefficient (Wildman–Crippen LogP) is 3.65. The van der Waals surface area contributed by atoms with Crippen LogP contribution in [0.25, 0.3) is 0 Å². The summed E-state index contributed by atoms with van der Waals surface area (Å²) >= 11 is 0. The number of carbonyl (C=O) groups excluding carboxylic acids is 3. The van der Waals surface area contributed by atoms with Gasteiger partial charge in [0.1, 0.15) is 0 Å². The van der Waals surface area contributed by atoms with Crippen LogP contribution < -0.4 is 0 Å². The van der Waals surface area contributed by atoms with E-state index in [9.17, 15) is 40.7 Å². The fourth-order valence-corrected chi connectivity index (χ4v) is 4.37. The van der Waals surface area contributed by atoms with Crippen LogP contribution in [0.2, 0.25) is 0 Å². The number of furan rings is 1. The van der Waals surface area contributed by atoms with Gasteiger partial charge in [-0.05, 0) is 35.9 Å². The molecule has 2 aromatic rings. The number of alkyl halides is 6. The molecule has 1 aromatic carbocycles. The first-order valence-corrected chi connectivity index (χ1v) is 11.0. The van der Waals surface area contributed by atoms with E-state index in [1.807, 2.05) is 0 Å². The molecular formula is C23H21F6N3O4. The number of amides is 3. The lowest BCUT2D eigenvalue weighted by Crippen LogP contribution is -2.52. The second-order valence-electron chi connectivity index (χ2n) is 8.68. The highest BCUT2D eigenvalue weighted by molar-refractivity contribution is 5.92. The number of piperazine rings is 1. The molecule has 0 saturated carbocycles. The predicted molar refractivity (Wildman–Crippen MR) is 111 cm³/mol. The quantitative estimate of drug-likeness (QED) is 0.581. The number of hydrogen-bond donors (Lipinski definition) is 0. The molecule has 13 heteroatoms. The molecule has 2 aliphatic rings. The number of halogens is 6. The molecule has 1 unspecified atom stereocenters. The summed E-state index contributed by atoms with van der Waals surface area (Å²) in [5, 5.41) is 0. The smallest absolute Gasteiger partial charge is 0.416 e. The average Bonchev–Trinajstić information content (AvgIpc) is 3.47. The van der Waals surface area contributed by atoms with E-state index in [1.165, 1.54) is 22.1 Å². The molecule has 3 amide bonds. The van der Waals surface area contributed by atoms with Crippen molar-refractivity contribution in [2.75, 3.05) is 32.7 Å². The van der Waals surface area contributed by atoms with Crippen molar-refractivity contribution < 1.29 is 45.1 Å². The van der Waals surface area contributed by atoms with Crippen molar-refractivity contribution >= 4 is 17.7 Å². The second-order valence-corrected chi connectivity index (χ2v) is 8.68. The van der Waals surface area contributed by atoms with Crippen LogP contribution in [0.4, 0.5) is 26.3 Å². The van der Waals surface area contributed by atoms with Crippen molar-refractivity contribution in [2.45, 2.75) is 25.3 Å². The summed E-state index contributed by atoms with van der Waals surface area (Å²) in [5.74, 6) is -1.80. The van der Waals surface area contributed by atoms with Crippen LogP contribution in [0.15, 0.2) is 41.0 Å². The maximum Gasteiger partial charge on any atom is 0.416 e. The Morgan fingerprint density at radius 2 is 1.50 bits per heavy atom. The molecule has 7 nitrogen and oxygen atoms in total. The minimum absolute atomic E-state index is 0.0257. The summed E-state index contributed by atoms with van der Waals surface area (Å²) in [4.78, 5) is 41.9. The number of hydrogen-bond acceptors (Lipinski definition) is 4. The molecule has 0 N–H and O–H groups in total. The Morgan fingerprint density at radius 3 is 2.03 bits per heavy atom. The summed E-state index contributed by atoms with van der Waals surface area (Å²) in [6, 6.07) is 4.29. The first-order chi connectivity index (χ1) is 16.8. The van der Waals surface area contributed by atoms with E-state index < -0.39 is 41.8 Å². The van der Waals surface area contributed by atoms with E-state index in [1.54, 1.807) is 6.07 Å². The van der Waals surface area contributed by atoms with Gasteiger partial charge >= 0.3 is 12.4 Å². The van der Waals surface area contributed by atoms with Gasteiger partial charge in [-0.15, -0.1) is 0 Å². The van der Waals surface area contributed by atoms with Gasteiger partial charge < -0.3 is 19.1 Å². The maximum absolute atomic E-state index is 13.1. The summed E-state index contributed by atoms with van der Waals surface area (Å²) in [7, 11) is 0. The Hall–Kier alpha value is -3.51. The zero-order chi connectivity index (χ0) is 26.3. The first-order valence-electron chi connectivity index (χ1n) is 11.0. The van der Waals surface area contributed by atoms with Crippen LogP contribution in [0.1, 0.15) is 33.7 Å². The highest BCUT2D eigenvalue weighted by Gasteiger charge is 2.40. The third-order valence-electron chi connectivity index (χ3n) is 6.20. The molecule has 0 spiro atoms. The zero-order valence-corrected chi connectivity index (χ0v) is 18.7. The van der Waals surface area contributed by atoms with E-state index in [-0.39, 0.29) is 68.3 Å². The highest BCUT2D eigenvalue weighted by Crippen LogP contribution is 2.37. The van der Waals surface area contributed by atoms with Crippen LogP contribution in [0.5, 0.6) is 0 Å². The minimum Gasteiger partial charge on any atom is -0.459 e. The highest BCUT2D eigenvalue weighted by atomic mass is 19.4. The Bertz CT molecular complexity index is 1110. The van der Waals surface area contributed by atoms with Gasteiger partial charge in [-0.1, -0.05) is 0 Å². The molecule has 36 heavy (non-hydrogen) atoms. The monoisotopic (exact) mass is 517 g/mol. The number of nitrogens with zero attached hydrogens (tertiary/aromatic N) is 3. The Balaban J connectivity index is 1.39. The lowest BCUT2D eigenvalue weighted by atomic mass is 10.0. The lowest BCUT2D eigenvalue weighted by molar-refractivity contribution is -0.143. The molecule has 0 bridgehead atoms. The molecule has 2 saturated heterocycles. The molecular weight excluding hydrogens is 496 g/mol. The molecule has 1 aromatic heterocycles. The molecule has 4 rings (SSSR count). The van der Waals surface area contributed by atoms with E-state index in [2.05, 4.69) is 0 Å². The number of rotatable bonds is 4. The standard InChI is InChI=1S/C23H21F6N3O4/c24-22(25,26)16-8-14(9-17(11-16)23(27,28)29)12-32-13-15(10-19(32)33)20(34)30-3-5-31(6-4-30)21(35)18-2-1-7-36-18/h1-2,7-9,11,15H,3-6,10,12-13H2. The van der Waals surface area contributed by atoms with Gasteiger partial charge in [0.25, 0.3) is 5.91 Å². The minimum atomic E-state index is -5.00. The lowest BCUT2D eigenvalue weighted by Gasteiger charge is -2.35.